The van der Waals surface area contributed by atoms with Gasteiger partial charge in [-0.05, 0) is 19.1 Å². The van der Waals surface area contributed by atoms with Gasteiger partial charge in [0, 0.05) is 30.7 Å². The number of aromatic nitrogens is 2. The minimum Gasteiger partial charge on any atom is -0.354 e. The lowest BCUT2D eigenvalue weighted by atomic mass is 10.4. The van der Waals surface area contributed by atoms with Crippen molar-refractivity contribution in [2.45, 2.75) is 19.9 Å². The molecule has 0 saturated heterocycles. The molecule has 0 atom stereocenters. The fourth-order valence-corrected chi connectivity index (χ4v) is 2.05. The van der Waals surface area contributed by atoms with Crippen LogP contribution >= 0.6 is 11.3 Å². The van der Waals surface area contributed by atoms with E-state index in [-0.39, 0.29) is 5.91 Å². The predicted molar refractivity (Wildman–Crippen MR) is 64.5 cm³/mol. The average molecular weight is 235 g/mol. The van der Waals surface area contributed by atoms with Crippen LogP contribution in [0.4, 0.5) is 5.13 Å². The van der Waals surface area contributed by atoms with Crippen LogP contribution in [-0.4, -0.2) is 15.5 Å². The quantitative estimate of drug-likeness (QED) is 0.883. The topological polar surface area (TPSA) is 46.9 Å². The number of hydrogen-bond acceptors (Lipinski definition) is 3. The number of aryl methyl sites for hydroxylation is 2. The molecule has 0 bridgehead atoms. The molecule has 2 rings (SSSR count). The SMILES string of the molecule is Cc1csc(NC(=O)CCn2cccc2)n1. The van der Waals surface area contributed by atoms with Crippen LogP contribution in [0, 0.1) is 6.92 Å². The molecule has 1 amide bonds. The summed E-state index contributed by atoms with van der Waals surface area (Å²) in [6, 6.07) is 3.89. The van der Waals surface area contributed by atoms with Gasteiger partial charge >= 0.3 is 0 Å². The first-order chi connectivity index (χ1) is 7.74. The largest absolute Gasteiger partial charge is 0.354 e. The molecular weight excluding hydrogens is 222 g/mol. The molecule has 16 heavy (non-hydrogen) atoms. The molecule has 0 aliphatic carbocycles. The highest BCUT2D eigenvalue weighted by molar-refractivity contribution is 7.13. The van der Waals surface area contributed by atoms with E-state index in [0.717, 1.165) is 5.69 Å². The second-order valence-corrected chi connectivity index (χ2v) is 4.37. The zero-order chi connectivity index (χ0) is 11.4. The third kappa shape index (κ3) is 2.93. The number of nitrogens with one attached hydrogen (secondary N) is 1. The average Bonchev–Trinajstić information content (AvgIpc) is 2.87. The summed E-state index contributed by atoms with van der Waals surface area (Å²) in [5.41, 5.74) is 0.936. The molecule has 2 heterocycles. The van der Waals surface area contributed by atoms with E-state index in [9.17, 15) is 4.79 Å². The Balaban J connectivity index is 1.81. The van der Waals surface area contributed by atoms with Crippen LogP contribution in [0.15, 0.2) is 29.9 Å². The Hall–Kier alpha value is -1.62. The number of thiazole rings is 1. The highest BCUT2D eigenvalue weighted by atomic mass is 32.1. The second kappa shape index (κ2) is 4.94. The van der Waals surface area contributed by atoms with Gasteiger partial charge in [0.05, 0.1) is 5.69 Å². The van der Waals surface area contributed by atoms with Gasteiger partial charge < -0.3 is 9.88 Å². The summed E-state index contributed by atoms with van der Waals surface area (Å²) in [4.78, 5) is 15.7. The van der Waals surface area contributed by atoms with E-state index in [4.69, 9.17) is 0 Å². The molecule has 0 aromatic carbocycles. The van der Waals surface area contributed by atoms with Crippen molar-refractivity contribution in [1.29, 1.82) is 0 Å². The van der Waals surface area contributed by atoms with Crippen molar-refractivity contribution >= 4 is 22.4 Å². The van der Waals surface area contributed by atoms with E-state index < -0.39 is 0 Å². The molecule has 0 spiro atoms. The highest BCUT2D eigenvalue weighted by Crippen LogP contribution is 2.14. The highest BCUT2D eigenvalue weighted by Gasteiger charge is 2.04. The van der Waals surface area contributed by atoms with Gasteiger partial charge in [-0.1, -0.05) is 0 Å². The Labute approximate surface area is 97.9 Å². The summed E-state index contributed by atoms with van der Waals surface area (Å²) in [6.07, 6.45) is 4.36. The van der Waals surface area contributed by atoms with Gasteiger partial charge in [-0.15, -0.1) is 11.3 Å². The van der Waals surface area contributed by atoms with Crippen molar-refractivity contribution in [3.05, 3.63) is 35.6 Å². The molecule has 0 radical (unpaired) electrons. The van der Waals surface area contributed by atoms with E-state index in [2.05, 4.69) is 10.3 Å². The maximum absolute atomic E-state index is 11.6. The lowest BCUT2D eigenvalue weighted by molar-refractivity contribution is -0.116. The molecule has 0 aliphatic heterocycles. The molecule has 1 N–H and O–H groups in total. The molecule has 0 fully saturated rings. The number of anilines is 1. The summed E-state index contributed by atoms with van der Waals surface area (Å²) < 4.78 is 1.98. The standard InChI is InChI=1S/C11H13N3OS/c1-9-8-16-11(12-9)13-10(15)4-7-14-5-2-3-6-14/h2-3,5-6,8H,4,7H2,1H3,(H,12,13,15). The zero-order valence-electron chi connectivity index (χ0n) is 9.01. The van der Waals surface area contributed by atoms with E-state index in [0.29, 0.717) is 18.1 Å². The summed E-state index contributed by atoms with van der Waals surface area (Å²) in [5, 5.41) is 5.37. The fourth-order valence-electron chi connectivity index (χ4n) is 1.34. The number of nitrogens with zero attached hydrogens (tertiary/aromatic N) is 2. The normalized spacial score (nSPS) is 10.3. The van der Waals surface area contributed by atoms with Gasteiger partial charge in [-0.25, -0.2) is 4.98 Å². The number of carbonyl (C=O) groups is 1. The number of rotatable bonds is 4. The molecule has 2 aromatic rings. The van der Waals surface area contributed by atoms with E-state index in [1.54, 1.807) is 0 Å². The number of amides is 1. The number of hydrogen-bond donors (Lipinski definition) is 1. The molecular formula is C11H13N3OS. The Morgan fingerprint density at radius 3 is 2.88 bits per heavy atom. The molecule has 0 unspecified atom stereocenters. The third-order valence-corrected chi connectivity index (χ3v) is 3.00. The van der Waals surface area contributed by atoms with Gasteiger partial charge in [0.15, 0.2) is 5.13 Å². The van der Waals surface area contributed by atoms with Crippen molar-refractivity contribution < 1.29 is 4.79 Å². The summed E-state index contributed by atoms with van der Waals surface area (Å²) >= 11 is 1.45. The van der Waals surface area contributed by atoms with E-state index >= 15 is 0 Å². The summed E-state index contributed by atoms with van der Waals surface area (Å²) in [7, 11) is 0. The monoisotopic (exact) mass is 235 g/mol. The Morgan fingerprint density at radius 2 is 2.25 bits per heavy atom. The smallest absolute Gasteiger partial charge is 0.227 e. The van der Waals surface area contributed by atoms with Crippen LogP contribution in [0.25, 0.3) is 0 Å². The van der Waals surface area contributed by atoms with Crippen LogP contribution in [0.5, 0.6) is 0 Å². The molecule has 0 aliphatic rings. The minimum atomic E-state index is 0.00282. The Morgan fingerprint density at radius 1 is 1.50 bits per heavy atom. The van der Waals surface area contributed by atoms with Crippen LogP contribution in [-0.2, 0) is 11.3 Å². The van der Waals surface area contributed by atoms with Gasteiger partial charge in [0.25, 0.3) is 0 Å². The second-order valence-electron chi connectivity index (χ2n) is 3.51. The van der Waals surface area contributed by atoms with Crippen LogP contribution in [0.2, 0.25) is 0 Å². The maximum atomic E-state index is 11.6. The predicted octanol–water partition coefficient (Wildman–Crippen LogP) is 2.28. The van der Waals surface area contributed by atoms with Crippen LogP contribution in [0.1, 0.15) is 12.1 Å². The maximum Gasteiger partial charge on any atom is 0.227 e. The first kappa shape index (κ1) is 10.9. The van der Waals surface area contributed by atoms with Crippen LogP contribution < -0.4 is 5.32 Å². The van der Waals surface area contributed by atoms with Crippen LogP contribution in [0.3, 0.4) is 0 Å². The molecule has 2 aromatic heterocycles. The first-order valence-corrected chi connectivity index (χ1v) is 5.95. The zero-order valence-corrected chi connectivity index (χ0v) is 9.83. The number of carbonyl (C=O) groups excluding carboxylic acids is 1. The van der Waals surface area contributed by atoms with Gasteiger partial charge in [0.2, 0.25) is 5.91 Å². The summed E-state index contributed by atoms with van der Waals surface area (Å²) in [5.74, 6) is 0.00282. The van der Waals surface area contributed by atoms with Crippen molar-refractivity contribution in [1.82, 2.24) is 9.55 Å². The van der Waals surface area contributed by atoms with E-state index in [1.165, 1.54) is 11.3 Å². The Bertz CT molecular complexity index is 461. The van der Waals surface area contributed by atoms with E-state index in [1.807, 2.05) is 41.4 Å². The fraction of sp³-hybridized carbons (Fsp3) is 0.273. The van der Waals surface area contributed by atoms with Gasteiger partial charge in [-0.3, -0.25) is 4.79 Å². The third-order valence-electron chi connectivity index (χ3n) is 2.13. The lowest BCUT2D eigenvalue weighted by Crippen LogP contribution is -2.13. The van der Waals surface area contributed by atoms with Crippen molar-refractivity contribution in [3.63, 3.8) is 0 Å². The molecule has 5 heteroatoms. The molecule has 0 saturated carbocycles. The molecule has 84 valence electrons. The summed E-state index contributed by atoms with van der Waals surface area (Å²) in [6.45, 7) is 2.61. The van der Waals surface area contributed by atoms with Crippen molar-refractivity contribution in [3.8, 4) is 0 Å². The Kier molecular flexibility index (Phi) is 3.36. The first-order valence-electron chi connectivity index (χ1n) is 5.07. The van der Waals surface area contributed by atoms with Gasteiger partial charge in [0.1, 0.15) is 0 Å². The minimum absolute atomic E-state index is 0.00282. The molecule has 4 nitrogen and oxygen atoms in total. The lowest BCUT2D eigenvalue weighted by Gasteiger charge is -2.02. The van der Waals surface area contributed by atoms with Crippen molar-refractivity contribution in [2.24, 2.45) is 0 Å². The van der Waals surface area contributed by atoms with Crippen molar-refractivity contribution in [2.75, 3.05) is 5.32 Å². The van der Waals surface area contributed by atoms with Gasteiger partial charge in [-0.2, -0.15) is 0 Å².